The van der Waals surface area contributed by atoms with Gasteiger partial charge in [-0.15, -0.1) is 0 Å². The number of anilines is 2. The Labute approximate surface area is 136 Å². The Balaban J connectivity index is 2.40. The Hall–Kier alpha value is -1.44. The van der Waals surface area contributed by atoms with Crippen molar-refractivity contribution in [3.05, 3.63) is 45.9 Å². The van der Waals surface area contributed by atoms with Crippen LogP contribution in [0.15, 0.2) is 45.8 Å². The Morgan fingerprint density at radius 1 is 1.24 bits per heavy atom. The Kier molecular flexibility index (Phi) is 4.65. The van der Waals surface area contributed by atoms with Crippen LogP contribution in [0.3, 0.4) is 0 Å². The number of nitrogens with one attached hydrogen (secondary N) is 1. The largest absolute Gasteiger partial charge is 0.495 e. The molecule has 0 saturated heterocycles. The fourth-order valence-electron chi connectivity index (χ4n) is 1.68. The molecule has 2 rings (SSSR count). The van der Waals surface area contributed by atoms with E-state index in [4.69, 9.17) is 22.1 Å². The number of hydrogen-bond acceptors (Lipinski definition) is 4. The van der Waals surface area contributed by atoms with E-state index in [0.29, 0.717) is 20.9 Å². The minimum Gasteiger partial charge on any atom is -0.495 e. The third-order valence-electron chi connectivity index (χ3n) is 2.65. The molecule has 0 bridgehead atoms. The molecule has 0 aliphatic rings. The summed E-state index contributed by atoms with van der Waals surface area (Å²) in [6.45, 7) is 0. The van der Waals surface area contributed by atoms with Crippen molar-refractivity contribution in [3.8, 4) is 5.75 Å². The van der Waals surface area contributed by atoms with Crippen LogP contribution in [0.2, 0.25) is 5.02 Å². The lowest BCUT2D eigenvalue weighted by Crippen LogP contribution is -2.14. The summed E-state index contributed by atoms with van der Waals surface area (Å²) in [5.41, 5.74) is 6.42. The van der Waals surface area contributed by atoms with Crippen LogP contribution < -0.4 is 15.2 Å². The third-order valence-corrected chi connectivity index (χ3v) is 5.28. The zero-order chi connectivity index (χ0) is 15.6. The van der Waals surface area contributed by atoms with Crippen LogP contribution in [-0.4, -0.2) is 15.5 Å². The predicted octanol–water partition coefficient (Wildman–Crippen LogP) is 3.49. The van der Waals surface area contributed by atoms with Crippen molar-refractivity contribution in [2.24, 2.45) is 0 Å². The first-order valence-corrected chi connectivity index (χ1v) is 8.40. The van der Waals surface area contributed by atoms with E-state index in [1.54, 1.807) is 18.2 Å². The number of benzene rings is 2. The van der Waals surface area contributed by atoms with Gasteiger partial charge in [-0.3, -0.25) is 4.72 Å². The molecule has 21 heavy (non-hydrogen) atoms. The second-order valence-corrected chi connectivity index (χ2v) is 7.06. The lowest BCUT2D eigenvalue weighted by Gasteiger charge is -2.12. The van der Waals surface area contributed by atoms with Crippen molar-refractivity contribution in [1.82, 2.24) is 0 Å². The monoisotopic (exact) mass is 390 g/mol. The topological polar surface area (TPSA) is 81.4 Å². The zero-order valence-electron chi connectivity index (χ0n) is 10.9. The van der Waals surface area contributed by atoms with E-state index in [1.807, 2.05) is 0 Å². The zero-order valence-corrected chi connectivity index (χ0v) is 14.1. The maximum atomic E-state index is 12.4. The van der Waals surface area contributed by atoms with Crippen LogP contribution >= 0.6 is 27.5 Å². The minimum absolute atomic E-state index is 0.00488. The second kappa shape index (κ2) is 6.13. The fraction of sp³-hybridized carbons (Fsp3) is 0.0769. The average Bonchev–Trinajstić information content (AvgIpc) is 2.42. The van der Waals surface area contributed by atoms with E-state index in [2.05, 4.69) is 20.7 Å². The highest BCUT2D eigenvalue weighted by Crippen LogP contribution is 2.30. The maximum Gasteiger partial charge on any atom is 0.265 e. The molecule has 112 valence electrons. The van der Waals surface area contributed by atoms with Crippen molar-refractivity contribution in [2.45, 2.75) is 4.90 Å². The molecule has 0 saturated carbocycles. The van der Waals surface area contributed by atoms with E-state index >= 15 is 0 Å². The van der Waals surface area contributed by atoms with E-state index in [9.17, 15) is 8.42 Å². The summed E-state index contributed by atoms with van der Waals surface area (Å²) < 4.78 is 32.9. The molecule has 0 fully saturated rings. The highest BCUT2D eigenvalue weighted by atomic mass is 79.9. The Bertz CT molecular complexity index is 781. The lowest BCUT2D eigenvalue weighted by atomic mass is 10.3. The summed E-state index contributed by atoms with van der Waals surface area (Å²) in [5, 5.41) is 0.489. The Morgan fingerprint density at radius 2 is 1.95 bits per heavy atom. The average molecular weight is 392 g/mol. The first-order valence-electron chi connectivity index (χ1n) is 5.75. The van der Waals surface area contributed by atoms with Gasteiger partial charge in [-0.2, -0.15) is 0 Å². The third kappa shape index (κ3) is 3.61. The number of methoxy groups -OCH3 is 1. The molecule has 0 unspecified atom stereocenters. The van der Waals surface area contributed by atoms with Crippen LogP contribution in [0.4, 0.5) is 11.4 Å². The van der Waals surface area contributed by atoms with Gasteiger partial charge < -0.3 is 10.5 Å². The highest BCUT2D eigenvalue weighted by molar-refractivity contribution is 9.10. The summed E-state index contributed by atoms with van der Waals surface area (Å²) in [4.78, 5) is 0.00488. The van der Waals surface area contributed by atoms with Crippen molar-refractivity contribution in [3.63, 3.8) is 0 Å². The molecule has 5 nitrogen and oxygen atoms in total. The number of halogens is 2. The number of sulfonamides is 1. The number of ether oxygens (including phenoxy) is 1. The van der Waals surface area contributed by atoms with E-state index < -0.39 is 10.0 Å². The van der Waals surface area contributed by atoms with Gasteiger partial charge in [0.2, 0.25) is 0 Å². The number of nitrogens with two attached hydrogens (primary N) is 1. The fourth-order valence-corrected chi connectivity index (χ4v) is 3.37. The van der Waals surface area contributed by atoms with Crippen molar-refractivity contribution in [1.29, 1.82) is 0 Å². The number of hydrogen-bond donors (Lipinski definition) is 2. The molecular weight excluding hydrogens is 380 g/mol. The minimum atomic E-state index is -3.80. The molecule has 0 amide bonds. The molecule has 0 aliphatic carbocycles. The SMILES string of the molecule is COc1cc(N)ccc1S(=O)(=O)Nc1ccc(Cl)c(Br)c1. The molecular formula is C13H12BrClN2O3S. The van der Waals surface area contributed by atoms with Crippen LogP contribution in [-0.2, 0) is 10.0 Å². The van der Waals surface area contributed by atoms with Gasteiger partial charge in [-0.1, -0.05) is 11.6 Å². The van der Waals surface area contributed by atoms with Crippen molar-refractivity contribution in [2.75, 3.05) is 17.6 Å². The normalized spacial score (nSPS) is 11.2. The number of nitrogen functional groups attached to an aromatic ring is 1. The second-order valence-electron chi connectivity index (χ2n) is 4.14. The summed E-state index contributed by atoms with van der Waals surface area (Å²) in [6.07, 6.45) is 0. The van der Waals surface area contributed by atoms with Crippen LogP contribution in [0.1, 0.15) is 0 Å². The van der Waals surface area contributed by atoms with E-state index in [-0.39, 0.29) is 10.6 Å². The first-order chi connectivity index (χ1) is 9.83. The van der Waals surface area contributed by atoms with Gasteiger partial charge in [-0.25, -0.2) is 8.42 Å². The molecule has 2 aromatic rings. The highest BCUT2D eigenvalue weighted by Gasteiger charge is 2.20. The summed E-state index contributed by atoms with van der Waals surface area (Å²) in [5.74, 6) is 0.176. The molecule has 0 radical (unpaired) electrons. The van der Waals surface area contributed by atoms with Crippen LogP contribution in [0.5, 0.6) is 5.75 Å². The number of rotatable bonds is 4. The van der Waals surface area contributed by atoms with E-state index in [1.165, 1.54) is 25.3 Å². The Morgan fingerprint density at radius 3 is 2.57 bits per heavy atom. The van der Waals surface area contributed by atoms with Crippen molar-refractivity contribution < 1.29 is 13.2 Å². The van der Waals surface area contributed by atoms with Crippen LogP contribution in [0, 0.1) is 0 Å². The lowest BCUT2D eigenvalue weighted by molar-refractivity contribution is 0.403. The maximum absolute atomic E-state index is 12.4. The van der Waals surface area contributed by atoms with E-state index in [0.717, 1.165) is 0 Å². The van der Waals surface area contributed by atoms with Gasteiger partial charge in [0, 0.05) is 16.2 Å². The van der Waals surface area contributed by atoms with Gasteiger partial charge in [0.25, 0.3) is 10.0 Å². The summed E-state index contributed by atoms with van der Waals surface area (Å²) in [7, 11) is -2.42. The molecule has 0 spiro atoms. The van der Waals surface area contributed by atoms with Gasteiger partial charge in [0.05, 0.1) is 17.8 Å². The molecule has 0 aromatic heterocycles. The first kappa shape index (κ1) is 15.9. The summed E-state index contributed by atoms with van der Waals surface area (Å²) >= 11 is 9.12. The molecule has 0 atom stereocenters. The van der Waals surface area contributed by atoms with Gasteiger partial charge >= 0.3 is 0 Å². The molecule has 0 heterocycles. The molecule has 3 N–H and O–H groups in total. The van der Waals surface area contributed by atoms with Gasteiger partial charge in [0.15, 0.2) is 0 Å². The smallest absolute Gasteiger partial charge is 0.265 e. The van der Waals surface area contributed by atoms with Gasteiger partial charge in [0.1, 0.15) is 10.6 Å². The molecule has 2 aromatic carbocycles. The predicted molar refractivity (Wildman–Crippen MR) is 87.4 cm³/mol. The molecule has 0 aliphatic heterocycles. The molecule has 8 heteroatoms. The van der Waals surface area contributed by atoms with Crippen LogP contribution in [0.25, 0.3) is 0 Å². The standard InChI is InChI=1S/C13H12BrClN2O3S/c1-20-12-6-8(16)2-5-13(12)21(18,19)17-9-3-4-11(15)10(14)7-9/h2-7,17H,16H2,1H3. The quantitative estimate of drug-likeness (QED) is 0.782. The summed E-state index contributed by atoms with van der Waals surface area (Å²) in [6, 6.07) is 9.06. The van der Waals surface area contributed by atoms with Crippen molar-refractivity contribution >= 4 is 48.9 Å². The van der Waals surface area contributed by atoms with Gasteiger partial charge in [-0.05, 0) is 46.3 Å².